The molecule has 4 atom stereocenters. The summed E-state index contributed by atoms with van der Waals surface area (Å²) < 4.78 is 41.9. The molecule has 1 saturated heterocycles. The molecular weight excluding hydrogens is 402 g/mol. The summed E-state index contributed by atoms with van der Waals surface area (Å²) in [5.74, 6) is -5.85. The molecule has 170 valence electrons. The smallest absolute Gasteiger partial charge is 0.309 e. The molecular formula is C21H30F2O7. The van der Waals surface area contributed by atoms with Crippen molar-refractivity contribution >= 4 is 23.7 Å². The maximum absolute atomic E-state index is 13.5. The van der Waals surface area contributed by atoms with Crippen molar-refractivity contribution in [1.29, 1.82) is 0 Å². The molecule has 1 saturated carbocycles. The molecule has 1 heterocycles. The topological polar surface area (TPSA) is 96.0 Å². The Kier molecular flexibility index (Phi) is 10.1. The number of hydrogen-bond donors (Lipinski definition) is 0. The number of carbonyl (C=O) groups is 4. The van der Waals surface area contributed by atoms with Crippen LogP contribution in [0.4, 0.5) is 8.78 Å². The lowest BCUT2D eigenvalue weighted by Gasteiger charge is -2.21. The number of ether oxygens (including phenoxy) is 3. The first-order chi connectivity index (χ1) is 14.0. The number of ketones is 1. The number of allylic oxidation sites excluding steroid dienone is 2. The molecule has 0 aromatic carbocycles. The third kappa shape index (κ3) is 7.84. The van der Waals surface area contributed by atoms with Crippen LogP contribution in [0.15, 0.2) is 12.2 Å². The summed E-state index contributed by atoms with van der Waals surface area (Å²) in [6.07, 6.45) is 2.19. The summed E-state index contributed by atoms with van der Waals surface area (Å²) in [5.41, 5.74) is 0. The van der Waals surface area contributed by atoms with Crippen molar-refractivity contribution in [3.05, 3.63) is 12.2 Å². The minimum atomic E-state index is -3.36. The number of halogens is 2. The van der Waals surface area contributed by atoms with Crippen LogP contribution in [0.3, 0.4) is 0 Å². The Morgan fingerprint density at radius 1 is 1.20 bits per heavy atom. The molecule has 0 radical (unpaired) electrons. The predicted molar refractivity (Wildman–Crippen MR) is 103 cm³/mol. The zero-order valence-corrected chi connectivity index (χ0v) is 17.8. The second kappa shape index (κ2) is 11.8. The van der Waals surface area contributed by atoms with E-state index in [-0.39, 0.29) is 49.1 Å². The van der Waals surface area contributed by atoms with Gasteiger partial charge in [0.1, 0.15) is 12.2 Å². The van der Waals surface area contributed by atoms with Crippen LogP contribution in [0.5, 0.6) is 0 Å². The van der Waals surface area contributed by atoms with E-state index in [4.69, 9.17) is 9.47 Å². The summed E-state index contributed by atoms with van der Waals surface area (Å²) >= 11 is 0. The molecule has 30 heavy (non-hydrogen) atoms. The highest BCUT2D eigenvalue weighted by Crippen LogP contribution is 2.44. The van der Waals surface area contributed by atoms with Crippen LogP contribution in [0.25, 0.3) is 0 Å². The van der Waals surface area contributed by atoms with Gasteiger partial charge < -0.3 is 14.2 Å². The molecule has 0 aromatic heterocycles. The summed E-state index contributed by atoms with van der Waals surface area (Å²) in [7, 11) is 0. The van der Waals surface area contributed by atoms with Gasteiger partial charge in [0.05, 0.1) is 13.0 Å². The molecule has 1 aliphatic carbocycles. The first-order valence-electron chi connectivity index (χ1n) is 10.1. The van der Waals surface area contributed by atoms with E-state index in [0.29, 0.717) is 13.0 Å². The normalized spacial score (nSPS) is 25.2. The molecule has 7 nitrogen and oxygen atoms in total. The van der Waals surface area contributed by atoms with Crippen LogP contribution < -0.4 is 0 Å². The van der Waals surface area contributed by atoms with Crippen LogP contribution in [-0.4, -0.2) is 48.4 Å². The molecule has 0 spiro atoms. The lowest BCUT2D eigenvalue weighted by Crippen LogP contribution is -2.27. The highest BCUT2D eigenvalue weighted by molar-refractivity contribution is 5.95. The van der Waals surface area contributed by atoms with E-state index in [0.717, 1.165) is 6.08 Å². The van der Waals surface area contributed by atoms with Gasteiger partial charge in [-0.3, -0.25) is 19.2 Å². The zero-order valence-electron chi connectivity index (χ0n) is 17.8. The van der Waals surface area contributed by atoms with Gasteiger partial charge in [-0.2, -0.15) is 8.78 Å². The second-order valence-electron chi connectivity index (χ2n) is 7.33. The fraction of sp³-hybridized carbons (Fsp3) is 0.714. The van der Waals surface area contributed by atoms with Crippen LogP contribution in [0.2, 0.25) is 0 Å². The quantitative estimate of drug-likeness (QED) is 0.330. The van der Waals surface area contributed by atoms with Gasteiger partial charge in [-0.1, -0.05) is 13.0 Å². The minimum absolute atomic E-state index is 0.113. The molecule has 2 aliphatic rings. The van der Waals surface area contributed by atoms with Crippen molar-refractivity contribution in [2.75, 3.05) is 6.61 Å². The third-order valence-corrected chi connectivity index (χ3v) is 4.92. The van der Waals surface area contributed by atoms with Gasteiger partial charge in [-0.25, -0.2) is 0 Å². The fourth-order valence-electron chi connectivity index (χ4n) is 3.73. The fourth-order valence-corrected chi connectivity index (χ4v) is 3.73. The van der Waals surface area contributed by atoms with Crippen molar-refractivity contribution in [3.63, 3.8) is 0 Å². The summed E-state index contributed by atoms with van der Waals surface area (Å²) in [5, 5.41) is 0. The number of fused-ring (bicyclic) bond motifs is 1. The van der Waals surface area contributed by atoms with Crippen LogP contribution >= 0.6 is 0 Å². The van der Waals surface area contributed by atoms with Crippen molar-refractivity contribution < 1.29 is 42.2 Å². The number of rotatable bonds is 8. The van der Waals surface area contributed by atoms with Crippen LogP contribution in [-0.2, 0) is 33.4 Å². The monoisotopic (exact) mass is 432 g/mol. The van der Waals surface area contributed by atoms with Crippen LogP contribution in [0.1, 0.15) is 59.8 Å². The van der Waals surface area contributed by atoms with E-state index >= 15 is 0 Å². The average Bonchev–Trinajstić information content (AvgIpc) is 3.11. The van der Waals surface area contributed by atoms with Gasteiger partial charge in [0.15, 0.2) is 0 Å². The number of carbonyl (C=O) groups excluding carboxylic acids is 4. The molecule has 0 aromatic rings. The van der Waals surface area contributed by atoms with Gasteiger partial charge in [-0.15, -0.1) is 0 Å². The standard InChI is InChI=1S/C17H22F2O5.C4H8O2/c1-3-7-17(18,19)15(21)6-4-5-11-12-8-16(22)24-14(12)9-13(11)23-10(2)20;1-3-6-4(2)5/h4,6,11-14H,3,5,7-9H2,1-2H3;3H2,1-2H3/b6-4+;/t11-,12-,13-,14+;/m1./s1. The largest absolute Gasteiger partial charge is 0.466 e. The molecule has 2 rings (SSSR count). The van der Waals surface area contributed by atoms with Crippen molar-refractivity contribution in [1.82, 2.24) is 0 Å². The summed E-state index contributed by atoms with van der Waals surface area (Å²) in [4.78, 5) is 44.0. The Hall–Kier alpha value is -2.32. The van der Waals surface area contributed by atoms with E-state index < -0.39 is 30.2 Å². The Morgan fingerprint density at radius 2 is 1.87 bits per heavy atom. The maximum Gasteiger partial charge on any atom is 0.309 e. The molecule has 1 aliphatic heterocycles. The lowest BCUT2D eigenvalue weighted by molar-refractivity contribution is -0.150. The SMILES string of the molecule is CCCC(F)(F)C(=O)/C=C/C[C@@H]1[C@H]2CC(=O)O[C@H]2C[C@H]1OC(C)=O.CCOC(C)=O. The predicted octanol–water partition coefficient (Wildman–Crippen LogP) is 3.39. The Morgan fingerprint density at radius 3 is 2.37 bits per heavy atom. The van der Waals surface area contributed by atoms with Gasteiger partial charge in [0.2, 0.25) is 5.78 Å². The van der Waals surface area contributed by atoms with E-state index in [2.05, 4.69) is 4.74 Å². The zero-order chi connectivity index (χ0) is 22.9. The lowest BCUT2D eigenvalue weighted by atomic mass is 9.89. The van der Waals surface area contributed by atoms with Crippen molar-refractivity contribution in [2.24, 2.45) is 11.8 Å². The first-order valence-corrected chi connectivity index (χ1v) is 10.1. The highest BCUT2D eigenvalue weighted by atomic mass is 19.3. The number of esters is 3. The number of hydrogen-bond acceptors (Lipinski definition) is 7. The molecule has 0 bridgehead atoms. The highest BCUT2D eigenvalue weighted by Gasteiger charge is 2.51. The number of alkyl halides is 2. The van der Waals surface area contributed by atoms with Crippen molar-refractivity contribution in [3.8, 4) is 0 Å². The van der Waals surface area contributed by atoms with E-state index in [9.17, 15) is 28.0 Å². The molecule has 0 unspecified atom stereocenters. The third-order valence-electron chi connectivity index (χ3n) is 4.92. The summed E-state index contributed by atoms with van der Waals surface area (Å²) in [6.45, 7) is 6.53. The Labute approximate surface area is 175 Å². The molecule has 2 fully saturated rings. The van der Waals surface area contributed by atoms with Crippen LogP contribution in [0, 0.1) is 11.8 Å². The summed E-state index contributed by atoms with van der Waals surface area (Å²) in [6, 6.07) is 0. The van der Waals surface area contributed by atoms with Crippen molar-refractivity contribution in [2.45, 2.75) is 77.9 Å². The minimum Gasteiger partial charge on any atom is -0.466 e. The molecule has 9 heteroatoms. The van der Waals surface area contributed by atoms with E-state index in [1.165, 1.54) is 19.9 Å². The van der Waals surface area contributed by atoms with Gasteiger partial charge in [0, 0.05) is 38.5 Å². The Balaban J connectivity index is 0.000000656. The van der Waals surface area contributed by atoms with Gasteiger partial charge in [0.25, 0.3) is 0 Å². The Bertz CT molecular complexity index is 660. The van der Waals surface area contributed by atoms with E-state index in [1.807, 2.05) is 0 Å². The second-order valence-corrected chi connectivity index (χ2v) is 7.33. The maximum atomic E-state index is 13.5. The molecule has 0 amide bonds. The first kappa shape index (κ1) is 25.7. The molecule has 0 N–H and O–H groups in total. The van der Waals surface area contributed by atoms with Gasteiger partial charge >= 0.3 is 23.8 Å². The van der Waals surface area contributed by atoms with E-state index in [1.54, 1.807) is 13.8 Å². The average molecular weight is 432 g/mol. The van der Waals surface area contributed by atoms with Gasteiger partial charge in [-0.05, 0) is 25.8 Å².